The summed E-state index contributed by atoms with van der Waals surface area (Å²) in [6.45, 7) is 0.616. The van der Waals surface area contributed by atoms with Crippen LogP contribution in [0.4, 0.5) is 0 Å². The molecule has 4 heteroatoms. The maximum absolute atomic E-state index is 11.6. The van der Waals surface area contributed by atoms with Crippen molar-refractivity contribution in [3.63, 3.8) is 0 Å². The molecule has 1 aromatic rings. The van der Waals surface area contributed by atoms with Crippen LogP contribution in [0, 0.1) is 5.92 Å². The molecule has 90 valence electrons. The maximum atomic E-state index is 11.6. The smallest absolute Gasteiger partial charge is 0.309 e. The van der Waals surface area contributed by atoms with Crippen molar-refractivity contribution in [1.29, 1.82) is 0 Å². The minimum atomic E-state index is -0.167. The average Bonchev–Trinajstić information content (AvgIpc) is 3.05. The number of ether oxygens (including phenoxy) is 2. The van der Waals surface area contributed by atoms with E-state index >= 15 is 0 Å². The highest BCUT2D eigenvalue weighted by molar-refractivity contribution is 5.80. The summed E-state index contributed by atoms with van der Waals surface area (Å²) >= 11 is 0. The van der Waals surface area contributed by atoms with Crippen molar-refractivity contribution in [2.45, 2.75) is 18.3 Å². The lowest BCUT2D eigenvalue weighted by Gasteiger charge is -2.26. The molecule has 0 bridgehead atoms. The van der Waals surface area contributed by atoms with Gasteiger partial charge in [0.05, 0.1) is 19.6 Å². The van der Waals surface area contributed by atoms with Crippen LogP contribution in [0.5, 0.6) is 11.5 Å². The van der Waals surface area contributed by atoms with E-state index in [1.54, 1.807) is 18.2 Å². The van der Waals surface area contributed by atoms with E-state index in [9.17, 15) is 9.90 Å². The maximum Gasteiger partial charge on any atom is 0.309 e. The largest absolute Gasteiger partial charge is 0.508 e. The summed E-state index contributed by atoms with van der Waals surface area (Å²) in [7, 11) is 1.41. The molecule has 0 radical (unpaired) electrons. The quantitative estimate of drug-likeness (QED) is 0.750. The molecular weight excluding hydrogens is 220 g/mol. The highest BCUT2D eigenvalue weighted by Crippen LogP contribution is 2.61. The number of hydrogen-bond donors (Lipinski definition) is 1. The highest BCUT2D eigenvalue weighted by atomic mass is 16.5. The molecule has 1 aromatic carbocycles. The summed E-state index contributed by atoms with van der Waals surface area (Å²) in [5, 5.41) is 9.56. The predicted molar refractivity (Wildman–Crippen MR) is 60.0 cm³/mol. The van der Waals surface area contributed by atoms with Gasteiger partial charge >= 0.3 is 5.97 Å². The molecular formula is C13H14O4. The summed E-state index contributed by atoms with van der Waals surface area (Å²) in [5.41, 5.74) is 0.776. The second-order valence-electron chi connectivity index (χ2n) is 4.71. The van der Waals surface area contributed by atoms with Gasteiger partial charge in [0.2, 0.25) is 0 Å². The van der Waals surface area contributed by atoms with E-state index in [1.807, 2.05) is 0 Å². The van der Waals surface area contributed by atoms with Crippen molar-refractivity contribution in [2.24, 2.45) is 5.92 Å². The number of benzene rings is 1. The van der Waals surface area contributed by atoms with Crippen LogP contribution >= 0.6 is 0 Å². The first kappa shape index (κ1) is 10.4. The Bertz CT molecular complexity index is 482. The van der Waals surface area contributed by atoms with Crippen molar-refractivity contribution in [1.82, 2.24) is 0 Å². The topological polar surface area (TPSA) is 55.8 Å². The van der Waals surface area contributed by atoms with E-state index in [-0.39, 0.29) is 23.1 Å². The van der Waals surface area contributed by atoms with Gasteiger partial charge in [-0.1, -0.05) is 0 Å². The van der Waals surface area contributed by atoms with Crippen molar-refractivity contribution >= 4 is 5.97 Å². The fourth-order valence-electron chi connectivity index (χ4n) is 2.84. The number of phenolic OH excluding ortho intramolecular Hbond substituents is 1. The molecule has 0 aromatic heterocycles. The van der Waals surface area contributed by atoms with E-state index in [4.69, 9.17) is 9.47 Å². The molecule has 1 spiro atoms. The lowest BCUT2D eigenvalue weighted by atomic mass is 9.87. The Morgan fingerprint density at radius 2 is 2.41 bits per heavy atom. The Morgan fingerprint density at radius 3 is 3.18 bits per heavy atom. The third-order valence-corrected chi connectivity index (χ3v) is 3.87. The molecule has 2 atom stereocenters. The van der Waals surface area contributed by atoms with Gasteiger partial charge in [-0.2, -0.15) is 0 Å². The van der Waals surface area contributed by atoms with Crippen molar-refractivity contribution in [2.75, 3.05) is 13.7 Å². The van der Waals surface area contributed by atoms with Gasteiger partial charge in [-0.25, -0.2) is 0 Å². The standard InChI is InChI=1S/C13H14O4/c1-16-12(15)10-7-13(10)4-5-17-11-3-2-8(14)6-9(11)13/h2-3,6,10,14H,4-5,7H2,1H3/t10-,13-/m0/s1. The zero-order valence-electron chi connectivity index (χ0n) is 9.60. The monoisotopic (exact) mass is 234 g/mol. The SMILES string of the molecule is COC(=O)[C@@H]1C[C@]12CCOc1ccc(O)cc12. The third-order valence-electron chi connectivity index (χ3n) is 3.87. The molecule has 0 amide bonds. The minimum absolute atomic E-state index is 0.0862. The second-order valence-corrected chi connectivity index (χ2v) is 4.71. The van der Waals surface area contributed by atoms with E-state index in [2.05, 4.69) is 0 Å². The number of fused-ring (bicyclic) bond motifs is 2. The van der Waals surface area contributed by atoms with Gasteiger partial charge in [0.25, 0.3) is 0 Å². The van der Waals surface area contributed by atoms with E-state index in [1.165, 1.54) is 7.11 Å². The highest BCUT2D eigenvalue weighted by Gasteiger charge is 2.61. The lowest BCUT2D eigenvalue weighted by molar-refractivity contribution is -0.142. The first-order valence-electron chi connectivity index (χ1n) is 5.71. The zero-order chi connectivity index (χ0) is 12.0. The Morgan fingerprint density at radius 1 is 1.59 bits per heavy atom. The van der Waals surface area contributed by atoms with Gasteiger partial charge in [0.1, 0.15) is 11.5 Å². The van der Waals surface area contributed by atoms with Crippen molar-refractivity contribution < 1.29 is 19.4 Å². The third kappa shape index (κ3) is 1.40. The number of hydrogen-bond acceptors (Lipinski definition) is 4. The van der Waals surface area contributed by atoms with Gasteiger partial charge < -0.3 is 14.6 Å². The molecule has 17 heavy (non-hydrogen) atoms. The summed E-state index contributed by atoms with van der Waals surface area (Å²) in [5.74, 6) is 0.739. The first-order chi connectivity index (χ1) is 8.17. The van der Waals surface area contributed by atoms with Crippen LogP contribution in [0.2, 0.25) is 0 Å². The van der Waals surface area contributed by atoms with Gasteiger partial charge in [-0.3, -0.25) is 4.79 Å². The van der Waals surface area contributed by atoms with Crippen molar-refractivity contribution in [3.8, 4) is 11.5 Å². The van der Waals surface area contributed by atoms with E-state index in [0.29, 0.717) is 6.61 Å². The summed E-state index contributed by atoms with van der Waals surface area (Å²) in [4.78, 5) is 11.6. The van der Waals surface area contributed by atoms with Crippen LogP contribution in [0.3, 0.4) is 0 Å². The first-order valence-corrected chi connectivity index (χ1v) is 5.71. The zero-order valence-corrected chi connectivity index (χ0v) is 9.60. The number of carbonyl (C=O) groups is 1. The average molecular weight is 234 g/mol. The van der Waals surface area contributed by atoms with Gasteiger partial charge in [0.15, 0.2) is 0 Å². The van der Waals surface area contributed by atoms with Crippen LogP contribution < -0.4 is 4.74 Å². The van der Waals surface area contributed by atoms with Gasteiger partial charge in [-0.15, -0.1) is 0 Å². The van der Waals surface area contributed by atoms with Crippen LogP contribution in [-0.4, -0.2) is 24.8 Å². The molecule has 1 saturated carbocycles. The summed E-state index contributed by atoms with van der Waals surface area (Å²) in [6.07, 6.45) is 1.60. The van der Waals surface area contributed by atoms with Crippen LogP contribution in [0.15, 0.2) is 18.2 Å². The normalized spacial score (nSPS) is 29.4. The molecule has 0 saturated heterocycles. The van der Waals surface area contributed by atoms with Gasteiger partial charge in [0, 0.05) is 11.0 Å². The fourth-order valence-corrected chi connectivity index (χ4v) is 2.84. The number of carbonyl (C=O) groups excluding carboxylic acids is 1. The summed E-state index contributed by atoms with van der Waals surface area (Å²) in [6, 6.07) is 5.07. The molecule has 4 nitrogen and oxygen atoms in total. The molecule has 0 unspecified atom stereocenters. The number of methoxy groups -OCH3 is 1. The number of esters is 1. The molecule has 1 N–H and O–H groups in total. The summed E-state index contributed by atoms with van der Waals surface area (Å²) < 4.78 is 10.4. The number of phenols is 1. The molecule has 2 aliphatic rings. The molecule has 1 fully saturated rings. The lowest BCUT2D eigenvalue weighted by Crippen LogP contribution is -2.24. The Hall–Kier alpha value is -1.71. The van der Waals surface area contributed by atoms with Crippen molar-refractivity contribution in [3.05, 3.63) is 23.8 Å². The molecule has 1 aliphatic carbocycles. The Kier molecular flexibility index (Phi) is 2.08. The van der Waals surface area contributed by atoms with Crippen LogP contribution in [0.25, 0.3) is 0 Å². The fraction of sp³-hybridized carbons (Fsp3) is 0.462. The predicted octanol–water partition coefficient (Wildman–Crippen LogP) is 1.61. The second kappa shape index (κ2) is 3.39. The molecule has 1 heterocycles. The number of aromatic hydroxyl groups is 1. The van der Waals surface area contributed by atoms with Crippen LogP contribution in [-0.2, 0) is 14.9 Å². The minimum Gasteiger partial charge on any atom is -0.508 e. The Balaban J connectivity index is 2.01. The van der Waals surface area contributed by atoms with Gasteiger partial charge in [-0.05, 0) is 31.0 Å². The van der Waals surface area contributed by atoms with E-state index in [0.717, 1.165) is 24.2 Å². The number of rotatable bonds is 1. The van der Waals surface area contributed by atoms with Crippen LogP contribution in [0.1, 0.15) is 18.4 Å². The van der Waals surface area contributed by atoms with E-state index < -0.39 is 0 Å². The molecule has 1 aliphatic heterocycles. The Labute approximate surface area is 99.2 Å². The molecule has 3 rings (SSSR count).